The fraction of sp³-hybridized carbons (Fsp3) is 0.480. The van der Waals surface area contributed by atoms with E-state index in [4.69, 9.17) is 14.7 Å². The quantitative estimate of drug-likeness (QED) is 0.657. The summed E-state index contributed by atoms with van der Waals surface area (Å²) in [6.07, 6.45) is 14.7. The molecule has 0 bridgehead atoms. The number of hydrogen-bond donors (Lipinski definition) is 2. The smallest absolute Gasteiger partial charge is 0.156 e. The van der Waals surface area contributed by atoms with Crippen LogP contribution < -0.4 is 15.1 Å². The van der Waals surface area contributed by atoms with E-state index in [2.05, 4.69) is 26.2 Å². The predicted octanol–water partition coefficient (Wildman–Crippen LogP) is 4.71. The molecular formula is C25H32N6O2. The van der Waals surface area contributed by atoms with E-state index in [0.717, 1.165) is 56.4 Å². The summed E-state index contributed by atoms with van der Waals surface area (Å²) in [6, 6.07) is 6.07. The molecule has 0 saturated carbocycles. The molecule has 2 aromatic rings. The van der Waals surface area contributed by atoms with Crippen molar-refractivity contribution in [1.82, 2.24) is 15.0 Å². The van der Waals surface area contributed by atoms with Gasteiger partial charge in [-0.25, -0.2) is 9.97 Å². The maximum absolute atomic E-state index is 10.1. The second kappa shape index (κ2) is 10.1. The first-order valence-corrected chi connectivity index (χ1v) is 12.1. The molecule has 1 atom stereocenters. The summed E-state index contributed by atoms with van der Waals surface area (Å²) >= 11 is 0. The molecule has 2 N–H and O–H groups in total. The van der Waals surface area contributed by atoms with Crippen LogP contribution in [0.2, 0.25) is 0 Å². The Kier molecular flexibility index (Phi) is 6.60. The Morgan fingerprint density at radius 3 is 2.67 bits per heavy atom. The number of hydrogen-bond acceptors (Lipinski definition) is 8. The Morgan fingerprint density at radius 2 is 1.79 bits per heavy atom. The molecule has 8 nitrogen and oxygen atoms in total. The van der Waals surface area contributed by atoms with Gasteiger partial charge in [-0.15, -0.1) is 0 Å². The molecule has 0 aromatic carbocycles. The first-order valence-electron chi connectivity index (χ1n) is 12.1. The SMILES string of the molecule is OC1=C(OC2CCCN(c3cncc(Nc4cccc(N5CCCCC5)n4)n3)C2)C=CCC1. The van der Waals surface area contributed by atoms with Crippen LogP contribution in [0.3, 0.4) is 0 Å². The fourth-order valence-electron chi connectivity index (χ4n) is 4.65. The van der Waals surface area contributed by atoms with Crippen molar-refractivity contribution in [3.8, 4) is 0 Å². The number of anilines is 4. The number of aliphatic hydroxyl groups is 1. The minimum absolute atomic E-state index is 0.0138. The van der Waals surface area contributed by atoms with Gasteiger partial charge in [0.2, 0.25) is 0 Å². The van der Waals surface area contributed by atoms with Gasteiger partial charge in [0.15, 0.2) is 11.6 Å². The minimum atomic E-state index is 0.0138. The molecule has 5 rings (SSSR count). The van der Waals surface area contributed by atoms with Crippen molar-refractivity contribution < 1.29 is 9.84 Å². The van der Waals surface area contributed by atoms with Gasteiger partial charge in [0.1, 0.15) is 29.3 Å². The highest BCUT2D eigenvalue weighted by Crippen LogP contribution is 2.26. The standard InChI is InChI=1S/C25H32N6O2/c32-20-9-2-3-10-21(20)33-19-8-7-15-31(18-19)25-17-26-16-23(29-25)27-22-11-6-12-24(28-22)30-13-4-1-5-14-30/h3,6,10-12,16-17,19,32H,1-2,4-5,7-9,13-15,18H2,(H,27,28,29). The summed E-state index contributed by atoms with van der Waals surface area (Å²) in [6.45, 7) is 3.75. The summed E-state index contributed by atoms with van der Waals surface area (Å²) in [5.74, 6) is 4.23. The van der Waals surface area contributed by atoms with E-state index in [1.165, 1.54) is 19.3 Å². The molecule has 0 radical (unpaired) electrons. The summed E-state index contributed by atoms with van der Waals surface area (Å²) in [7, 11) is 0. The summed E-state index contributed by atoms with van der Waals surface area (Å²) in [5.41, 5.74) is 0. The Morgan fingerprint density at radius 1 is 0.939 bits per heavy atom. The second-order valence-electron chi connectivity index (χ2n) is 8.90. The van der Waals surface area contributed by atoms with Crippen molar-refractivity contribution >= 4 is 23.3 Å². The van der Waals surface area contributed by atoms with Crippen LogP contribution in [-0.2, 0) is 4.74 Å². The maximum atomic E-state index is 10.1. The molecular weight excluding hydrogens is 416 g/mol. The number of rotatable bonds is 6. The maximum Gasteiger partial charge on any atom is 0.156 e. The number of aliphatic hydroxyl groups excluding tert-OH is 1. The van der Waals surface area contributed by atoms with Crippen LogP contribution in [0.25, 0.3) is 0 Å². The molecule has 3 aliphatic rings. The topological polar surface area (TPSA) is 86.6 Å². The minimum Gasteiger partial charge on any atom is -0.508 e. The van der Waals surface area contributed by atoms with Crippen molar-refractivity contribution in [1.29, 1.82) is 0 Å². The van der Waals surface area contributed by atoms with Crippen molar-refractivity contribution in [2.45, 2.75) is 51.0 Å². The van der Waals surface area contributed by atoms with Crippen LogP contribution in [0.4, 0.5) is 23.3 Å². The van der Waals surface area contributed by atoms with E-state index >= 15 is 0 Å². The van der Waals surface area contributed by atoms with E-state index in [0.29, 0.717) is 30.3 Å². The van der Waals surface area contributed by atoms with Crippen LogP contribution in [0.1, 0.15) is 44.9 Å². The molecule has 2 saturated heterocycles. The van der Waals surface area contributed by atoms with Gasteiger partial charge >= 0.3 is 0 Å². The average molecular weight is 449 g/mol. The van der Waals surface area contributed by atoms with Gasteiger partial charge in [-0.05, 0) is 56.7 Å². The van der Waals surface area contributed by atoms with Gasteiger partial charge < -0.3 is 25.0 Å². The zero-order valence-corrected chi connectivity index (χ0v) is 19.0. The zero-order chi connectivity index (χ0) is 22.5. The molecule has 8 heteroatoms. The van der Waals surface area contributed by atoms with E-state index in [-0.39, 0.29) is 6.10 Å². The van der Waals surface area contributed by atoms with E-state index in [1.807, 2.05) is 24.3 Å². The van der Waals surface area contributed by atoms with Crippen LogP contribution in [0.5, 0.6) is 0 Å². The molecule has 2 aromatic heterocycles. The Labute approximate surface area is 195 Å². The summed E-state index contributed by atoms with van der Waals surface area (Å²) < 4.78 is 6.12. The third-order valence-electron chi connectivity index (χ3n) is 6.39. The third kappa shape index (κ3) is 5.38. The second-order valence-corrected chi connectivity index (χ2v) is 8.90. The molecule has 33 heavy (non-hydrogen) atoms. The molecule has 1 unspecified atom stereocenters. The summed E-state index contributed by atoms with van der Waals surface area (Å²) in [4.78, 5) is 18.6. The van der Waals surface area contributed by atoms with Crippen molar-refractivity contribution in [3.63, 3.8) is 0 Å². The Bertz CT molecular complexity index is 1020. The van der Waals surface area contributed by atoms with Crippen LogP contribution in [0, 0.1) is 0 Å². The number of nitrogens with one attached hydrogen (secondary N) is 1. The van der Waals surface area contributed by atoms with Gasteiger partial charge in [-0.3, -0.25) is 4.98 Å². The molecule has 0 amide bonds. The zero-order valence-electron chi connectivity index (χ0n) is 19.0. The lowest BCUT2D eigenvalue weighted by atomic mass is 10.1. The fourth-order valence-corrected chi connectivity index (χ4v) is 4.65. The lowest BCUT2D eigenvalue weighted by Crippen LogP contribution is -2.40. The normalized spacial score (nSPS) is 21.3. The molecule has 2 aliphatic heterocycles. The number of piperidine rings is 2. The number of pyridine rings is 1. The Balaban J connectivity index is 1.25. The van der Waals surface area contributed by atoms with Crippen molar-refractivity contribution in [2.75, 3.05) is 41.3 Å². The average Bonchev–Trinajstić information content (AvgIpc) is 2.87. The molecule has 2 fully saturated rings. The van der Waals surface area contributed by atoms with Crippen LogP contribution in [-0.4, -0.2) is 52.3 Å². The molecule has 4 heterocycles. The lowest BCUT2D eigenvalue weighted by Gasteiger charge is -2.34. The highest BCUT2D eigenvalue weighted by atomic mass is 16.5. The van der Waals surface area contributed by atoms with Crippen LogP contribution in [0.15, 0.2) is 54.3 Å². The monoisotopic (exact) mass is 448 g/mol. The molecule has 0 spiro atoms. The van der Waals surface area contributed by atoms with Crippen molar-refractivity contribution in [3.05, 3.63) is 54.3 Å². The van der Waals surface area contributed by atoms with Gasteiger partial charge in [0, 0.05) is 26.1 Å². The van der Waals surface area contributed by atoms with Gasteiger partial charge in [-0.2, -0.15) is 0 Å². The summed E-state index contributed by atoms with van der Waals surface area (Å²) in [5, 5.41) is 13.4. The van der Waals surface area contributed by atoms with E-state index in [1.54, 1.807) is 12.4 Å². The molecule has 174 valence electrons. The third-order valence-corrected chi connectivity index (χ3v) is 6.39. The molecule has 1 aliphatic carbocycles. The van der Waals surface area contributed by atoms with Crippen LogP contribution >= 0.6 is 0 Å². The first-order chi connectivity index (χ1) is 16.2. The first kappa shape index (κ1) is 21.6. The lowest BCUT2D eigenvalue weighted by molar-refractivity contribution is 0.0972. The van der Waals surface area contributed by atoms with Gasteiger partial charge in [0.05, 0.1) is 18.9 Å². The Hall–Kier alpha value is -3.29. The van der Waals surface area contributed by atoms with E-state index in [9.17, 15) is 5.11 Å². The highest BCUT2D eigenvalue weighted by molar-refractivity contribution is 5.56. The largest absolute Gasteiger partial charge is 0.508 e. The predicted molar refractivity (Wildman–Crippen MR) is 130 cm³/mol. The van der Waals surface area contributed by atoms with Gasteiger partial charge in [0.25, 0.3) is 0 Å². The highest BCUT2D eigenvalue weighted by Gasteiger charge is 2.24. The number of ether oxygens (including phenoxy) is 1. The van der Waals surface area contributed by atoms with E-state index < -0.39 is 0 Å². The van der Waals surface area contributed by atoms with Gasteiger partial charge in [-0.1, -0.05) is 12.1 Å². The van der Waals surface area contributed by atoms with Crippen molar-refractivity contribution in [2.24, 2.45) is 0 Å². The number of nitrogens with zero attached hydrogens (tertiary/aromatic N) is 5. The number of allylic oxidation sites excluding steroid dienone is 3. The number of aromatic nitrogens is 3.